The van der Waals surface area contributed by atoms with Gasteiger partial charge in [0.25, 0.3) is 11.5 Å². The predicted octanol–water partition coefficient (Wildman–Crippen LogP) is 3.13. The Kier molecular flexibility index (Phi) is 5.24. The van der Waals surface area contributed by atoms with Crippen LogP contribution in [-0.2, 0) is 12.1 Å². The van der Waals surface area contributed by atoms with E-state index in [2.05, 4.69) is 30.7 Å². The van der Waals surface area contributed by atoms with Crippen LogP contribution in [0.15, 0.2) is 59.8 Å². The number of anilines is 2. The van der Waals surface area contributed by atoms with Gasteiger partial charge in [0, 0.05) is 30.2 Å². The van der Waals surface area contributed by atoms with Crippen molar-refractivity contribution in [1.82, 2.24) is 24.7 Å². The highest BCUT2D eigenvalue weighted by atomic mass is 16.1. The minimum Gasteiger partial charge on any atom is -0.352 e. The van der Waals surface area contributed by atoms with Gasteiger partial charge in [-0.2, -0.15) is 10.1 Å². The quantitative estimate of drug-likeness (QED) is 0.459. The van der Waals surface area contributed by atoms with Gasteiger partial charge in [-0.15, -0.1) is 0 Å². The van der Waals surface area contributed by atoms with Gasteiger partial charge >= 0.3 is 0 Å². The van der Waals surface area contributed by atoms with Crippen molar-refractivity contribution in [2.24, 2.45) is 0 Å². The second kappa shape index (κ2) is 8.02. The molecule has 0 bridgehead atoms. The van der Waals surface area contributed by atoms with Crippen molar-refractivity contribution in [3.8, 4) is 0 Å². The number of hydrogen-bond acceptors (Lipinski definition) is 6. The number of carbonyl (C=O) groups excluding carboxylic acids is 1. The molecule has 4 rings (SSSR count). The van der Waals surface area contributed by atoms with Crippen molar-refractivity contribution in [2.75, 3.05) is 10.6 Å². The van der Waals surface area contributed by atoms with Gasteiger partial charge in [-0.3, -0.25) is 19.6 Å². The van der Waals surface area contributed by atoms with Crippen LogP contribution in [0.2, 0.25) is 0 Å². The molecule has 3 aromatic heterocycles. The standard InChI is InChI=1S/C22H23N7O2/c1-22(2,3)29-18-17(13-25-29)20(31)28-21(27-18)24-12-14-4-6-16(7-5-14)26-19(30)15-8-10-23-11-9-15/h4-11,13H,12H2,1-3H3,(H,26,30)(H2,24,27,28,31). The van der Waals surface area contributed by atoms with E-state index in [0.717, 1.165) is 5.56 Å². The normalized spacial score (nSPS) is 11.5. The average Bonchev–Trinajstić information content (AvgIpc) is 3.19. The molecule has 1 aromatic carbocycles. The van der Waals surface area contributed by atoms with Crippen molar-refractivity contribution in [3.05, 3.63) is 76.5 Å². The molecular weight excluding hydrogens is 394 g/mol. The minimum absolute atomic E-state index is 0.196. The Bertz CT molecular complexity index is 1270. The molecular formula is C22H23N7O2. The molecule has 0 aliphatic carbocycles. The van der Waals surface area contributed by atoms with E-state index < -0.39 is 0 Å². The summed E-state index contributed by atoms with van der Waals surface area (Å²) in [5.74, 6) is 0.178. The second-order valence-electron chi connectivity index (χ2n) is 8.12. The molecule has 0 radical (unpaired) electrons. The van der Waals surface area contributed by atoms with Gasteiger partial charge < -0.3 is 10.6 Å². The molecule has 0 saturated heterocycles. The fourth-order valence-corrected chi connectivity index (χ4v) is 3.09. The van der Waals surface area contributed by atoms with Crippen LogP contribution < -0.4 is 16.2 Å². The number of hydrogen-bond donors (Lipinski definition) is 3. The maximum atomic E-state index is 12.4. The van der Waals surface area contributed by atoms with Crippen molar-refractivity contribution in [2.45, 2.75) is 32.9 Å². The Morgan fingerprint density at radius 2 is 1.81 bits per heavy atom. The van der Waals surface area contributed by atoms with Crippen LogP contribution in [-0.4, -0.2) is 30.6 Å². The average molecular weight is 417 g/mol. The van der Waals surface area contributed by atoms with Crippen molar-refractivity contribution in [3.63, 3.8) is 0 Å². The lowest BCUT2D eigenvalue weighted by Crippen LogP contribution is -2.24. The van der Waals surface area contributed by atoms with E-state index in [0.29, 0.717) is 34.8 Å². The molecule has 0 atom stereocenters. The molecule has 31 heavy (non-hydrogen) atoms. The Labute approximate surface area is 178 Å². The molecule has 3 N–H and O–H groups in total. The zero-order valence-corrected chi connectivity index (χ0v) is 17.5. The van der Waals surface area contributed by atoms with Gasteiger partial charge in [-0.05, 0) is 50.6 Å². The van der Waals surface area contributed by atoms with E-state index in [1.165, 1.54) is 6.20 Å². The maximum Gasteiger partial charge on any atom is 0.263 e. The number of aromatic amines is 1. The summed E-state index contributed by atoms with van der Waals surface area (Å²) in [4.78, 5) is 35.8. The van der Waals surface area contributed by atoms with Gasteiger partial charge in [-0.25, -0.2) is 4.68 Å². The monoisotopic (exact) mass is 417 g/mol. The van der Waals surface area contributed by atoms with Crippen LogP contribution in [0, 0.1) is 0 Å². The molecule has 0 aliphatic rings. The lowest BCUT2D eigenvalue weighted by Gasteiger charge is -2.19. The summed E-state index contributed by atoms with van der Waals surface area (Å²) >= 11 is 0. The summed E-state index contributed by atoms with van der Waals surface area (Å²) in [6.45, 7) is 6.47. The van der Waals surface area contributed by atoms with Gasteiger partial charge in [0.15, 0.2) is 5.65 Å². The Hall–Kier alpha value is -4.01. The lowest BCUT2D eigenvalue weighted by atomic mass is 10.1. The van der Waals surface area contributed by atoms with Crippen LogP contribution in [0.5, 0.6) is 0 Å². The number of H-pyrrole nitrogens is 1. The number of benzene rings is 1. The van der Waals surface area contributed by atoms with Crippen molar-refractivity contribution in [1.29, 1.82) is 0 Å². The summed E-state index contributed by atoms with van der Waals surface area (Å²) in [6.07, 6.45) is 4.69. The maximum absolute atomic E-state index is 12.4. The van der Waals surface area contributed by atoms with E-state index in [1.807, 2.05) is 45.0 Å². The predicted molar refractivity (Wildman–Crippen MR) is 119 cm³/mol. The Morgan fingerprint density at radius 3 is 2.48 bits per heavy atom. The van der Waals surface area contributed by atoms with Crippen LogP contribution >= 0.6 is 0 Å². The number of nitrogens with one attached hydrogen (secondary N) is 3. The van der Waals surface area contributed by atoms with Crippen molar-refractivity contribution >= 4 is 28.6 Å². The Morgan fingerprint density at radius 1 is 1.10 bits per heavy atom. The van der Waals surface area contributed by atoms with Crippen LogP contribution in [0.4, 0.5) is 11.6 Å². The number of nitrogens with zero attached hydrogens (tertiary/aromatic N) is 4. The van der Waals surface area contributed by atoms with Gasteiger partial charge in [0.05, 0.1) is 11.7 Å². The fraction of sp³-hybridized carbons (Fsp3) is 0.227. The Balaban J connectivity index is 1.45. The first kappa shape index (κ1) is 20.3. The van der Waals surface area contributed by atoms with E-state index in [1.54, 1.807) is 29.2 Å². The molecule has 0 saturated carbocycles. The fourth-order valence-electron chi connectivity index (χ4n) is 3.09. The molecule has 0 unspecified atom stereocenters. The largest absolute Gasteiger partial charge is 0.352 e. The molecule has 0 fully saturated rings. The molecule has 0 aliphatic heterocycles. The summed E-state index contributed by atoms with van der Waals surface area (Å²) in [6, 6.07) is 10.7. The van der Waals surface area contributed by atoms with Crippen molar-refractivity contribution < 1.29 is 4.79 Å². The zero-order chi connectivity index (χ0) is 22.0. The van der Waals surface area contributed by atoms with E-state index in [9.17, 15) is 9.59 Å². The van der Waals surface area contributed by atoms with Gasteiger partial charge in [0.2, 0.25) is 5.95 Å². The number of amides is 1. The highest BCUT2D eigenvalue weighted by Crippen LogP contribution is 2.19. The number of carbonyl (C=O) groups is 1. The minimum atomic E-state index is -0.295. The molecule has 9 nitrogen and oxygen atoms in total. The second-order valence-corrected chi connectivity index (χ2v) is 8.12. The third-order valence-electron chi connectivity index (χ3n) is 4.69. The summed E-state index contributed by atoms with van der Waals surface area (Å²) in [7, 11) is 0. The third-order valence-corrected chi connectivity index (χ3v) is 4.69. The topological polar surface area (TPSA) is 118 Å². The molecule has 0 spiro atoms. The number of fused-ring (bicyclic) bond motifs is 1. The summed E-state index contributed by atoms with van der Waals surface area (Å²) < 4.78 is 1.74. The first-order valence-electron chi connectivity index (χ1n) is 9.84. The van der Waals surface area contributed by atoms with E-state index in [4.69, 9.17) is 0 Å². The van der Waals surface area contributed by atoms with Gasteiger partial charge in [-0.1, -0.05) is 12.1 Å². The number of aromatic nitrogens is 5. The van der Waals surface area contributed by atoms with Crippen LogP contribution in [0.25, 0.3) is 11.0 Å². The molecule has 3 heterocycles. The molecule has 9 heteroatoms. The SMILES string of the molecule is CC(C)(C)n1ncc2c(=O)[nH]c(NCc3ccc(NC(=O)c4ccncc4)cc3)nc21. The number of rotatable bonds is 5. The van der Waals surface area contributed by atoms with Crippen LogP contribution in [0.1, 0.15) is 36.7 Å². The number of pyridine rings is 1. The van der Waals surface area contributed by atoms with Crippen LogP contribution in [0.3, 0.4) is 0 Å². The lowest BCUT2D eigenvalue weighted by molar-refractivity contribution is 0.102. The summed E-state index contributed by atoms with van der Waals surface area (Å²) in [5.41, 5.74) is 2.20. The highest BCUT2D eigenvalue weighted by Gasteiger charge is 2.19. The third kappa shape index (κ3) is 4.45. The van der Waals surface area contributed by atoms with Gasteiger partial charge in [0.1, 0.15) is 5.39 Å². The first-order valence-corrected chi connectivity index (χ1v) is 9.84. The van der Waals surface area contributed by atoms with E-state index in [-0.39, 0.29) is 17.0 Å². The molecule has 4 aromatic rings. The molecule has 158 valence electrons. The highest BCUT2D eigenvalue weighted by molar-refractivity contribution is 6.04. The smallest absolute Gasteiger partial charge is 0.263 e. The first-order chi connectivity index (χ1) is 14.8. The molecule has 1 amide bonds. The van der Waals surface area contributed by atoms with E-state index >= 15 is 0 Å². The zero-order valence-electron chi connectivity index (χ0n) is 17.5. The summed E-state index contributed by atoms with van der Waals surface area (Å²) in [5, 5.41) is 10.8.